The van der Waals surface area contributed by atoms with Gasteiger partial charge >= 0.3 is 6.18 Å². The van der Waals surface area contributed by atoms with Crippen molar-refractivity contribution in [1.29, 1.82) is 0 Å². The van der Waals surface area contributed by atoms with Gasteiger partial charge < -0.3 is 9.80 Å². The van der Waals surface area contributed by atoms with Gasteiger partial charge in [-0.1, -0.05) is 35.9 Å². The number of hydrogen-bond donors (Lipinski definition) is 0. The second-order valence-corrected chi connectivity index (χ2v) is 9.02. The van der Waals surface area contributed by atoms with Crippen molar-refractivity contribution in [1.82, 2.24) is 14.7 Å². The van der Waals surface area contributed by atoms with Gasteiger partial charge in [0, 0.05) is 37.4 Å². The van der Waals surface area contributed by atoms with Crippen LogP contribution in [0.25, 0.3) is 16.9 Å². The number of hydrogen-bond acceptors (Lipinski definition) is 3. The molecule has 1 fully saturated rings. The number of carbonyl (C=O) groups is 1. The lowest BCUT2D eigenvalue weighted by Crippen LogP contribution is -2.49. The van der Waals surface area contributed by atoms with Crippen molar-refractivity contribution in [2.75, 3.05) is 31.1 Å². The lowest BCUT2D eigenvalue weighted by molar-refractivity contribution is -0.137. The van der Waals surface area contributed by atoms with E-state index in [1.54, 1.807) is 35.2 Å². The maximum atomic E-state index is 13.6. The zero-order valence-corrected chi connectivity index (χ0v) is 20.2. The average molecular weight is 529 g/mol. The number of nitrogens with zero attached hydrogens (tertiary/aromatic N) is 4. The molecule has 0 bridgehead atoms. The molecule has 0 spiro atoms. The first-order chi connectivity index (χ1) is 17.7. The number of carbonyl (C=O) groups excluding carboxylic acids is 1. The Balaban J connectivity index is 1.41. The topological polar surface area (TPSA) is 41.4 Å². The SMILES string of the molecule is O=C(c1cc(-c2ccccc2Cl)nn1-c1ccc(F)cc1)N1CCN(c2cccc(C(F)(F)F)c2)CC1. The van der Waals surface area contributed by atoms with Crippen molar-refractivity contribution < 1.29 is 22.4 Å². The molecule has 2 heterocycles. The number of anilines is 1. The van der Waals surface area contributed by atoms with Crippen LogP contribution in [0.3, 0.4) is 0 Å². The number of rotatable bonds is 4. The number of piperazine rings is 1. The molecule has 37 heavy (non-hydrogen) atoms. The summed E-state index contributed by atoms with van der Waals surface area (Å²) in [4.78, 5) is 17.1. The van der Waals surface area contributed by atoms with Crippen molar-refractivity contribution in [3.05, 3.63) is 101 Å². The predicted molar refractivity (Wildman–Crippen MR) is 134 cm³/mol. The van der Waals surface area contributed by atoms with Gasteiger partial charge in [0.15, 0.2) is 0 Å². The summed E-state index contributed by atoms with van der Waals surface area (Å²) < 4.78 is 54.4. The molecule has 0 N–H and O–H groups in total. The van der Waals surface area contributed by atoms with Crippen LogP contribution < -0.4 is 4.90 Å². The molecule has 0 saturated carbocycles. The highest BCUT2D eigenvalue weighted by Crippen LogP contribution is 2.32. The highest BCUT2D eigenvalue weighted by Gasteiger charge is 2.32. The minimum absolute atomic E-state index is 0.272. The molecule has 0 aliphatic carbocycles. The molecule has 4 aromatic rings. The van der Waals surface area contributed by atoms with Crippen molar-refractivity contribution in [2.45, 2.75) is 6.18 Å². The number of amides is 1. The van der Waals surface area contributed by atoms with Crippen LogP contribution in [0.5, 0.6) is 0 Å². The van der Waals surface area contributed by atoms with Crippen molar-refractivity contribution in [2.24, 2.45) is 0 Å². The Labute approximate surface area is 215 Å². The van der Waals surface area contributed by atoms with Crippen LogP contribution in [0.2, 0.25) is 5.02 Å². The number of alkyl halides is 3. The van der Waals surface area contributed by atoms with Crippen molar-refractivity contribution >= 4 is 23.2 Å². The largest absolute Gasteiger partial charge is 0.416 e. The Morgan fingerprint density at radius 1 is 0.838 bits per heavy atom. The quantitative estimate of drug-likeness (QED) is 0.291. The minimum Gasteiger partial charge on any atom is -0.368 e. The summed E-state index contributed by atoms with van der Waals surface area (Å²) in [6, 6.07) is 19.6. The number of aromatic nitrogens is 2. The Bertz CT molecular complexity index is 1430. The number of benzene rings is 3. The van der Waals surface area contributed by atoms with E-state index in [0.29, 0.717) is 53.8 Å². The van der Waals surface area contributed by atoms with Gasteiger partial charge in [0.1, 0.15) is 11.5 Å². The lowest BCUT2D eigenvalue weighted by atomic mass is 10.1. The second-order valence-electron chi connectivity index (χ2n) is 8.61. The Hall–Kier alpha value is -3.85. The van der Waals surface area contributed by atoms with Crippen LogP contribution in [0.4, 0.5) is 23.2 Å². The third kappa shape index (κ3) is 5.17. The second kappa shape index (κ2) is 9.89. The van der Waals surface area contributed by atoms with Crippen LogP contribution in [0.1, 0.15) is 16.1 Å². The molecule has 5 rings (SSSR count). The van der Waals surface area contributed by atoms with E-state index in [0.717, 1.165) is 12.1 Å². The highest BCUT2D eigenvalue weighted by atomic mass is 35.5. The van der Waals surface area contributed by atoms with E-state index >= 15 is 0 Å². The fraction of sp³-hybridized carbons (Fsp3) is 0.185. The van der Waals surface area contributed by atoms with Gasteiger partial charge in [-0.2, -0.15) is 18.3 Å². The summed E-state index contributed by atoms with van der Waals surface area (Å²) in [5, 5.41) is 5.07. The first-order valence-corrected chi connectivity index (χ1v) is 11.9. The van der Waals surface area contributed by atoms with E-state index in [2.05, 4.69) is 5.10 Å². The van der Waals surface area contributed by atoms with Gasteiger partial charge in [0.25, 0.3) is 5.91 Å². The van der Waals surface area contributed by atoms with E-state index in [1.165, 1.54) is 35.0 Å². The smallest absolute Gasteiger partial charge is 0.368 e. The van der Waals surface area contributed by atoms with Gasteiger partial charge in [0.2, 0.25) is 0 Å². The maximum absolute atomic E-state index is 13.6. The Morgan fingerprint density at radius 3 is 2.22 bits per heavy atom. The third-order valence-electron chi connectivity index (χ3n) is 6.25. The maximum Gasteiger partial charge on any atom is 0.416 e. The molecule has 5 nitrogen and oxygen atoms in total. The predicted octanol–water partition coefficient (Wildman–Crippen LogP) is 6.31. The Morgan fingerprint density at radius 2 is 1.54 bits per heavy atom. The summed E-state index contributed by atoms with van der Waals surface area (Å²) >= 11 is 6.36. The summed E-state index contributed by atoms with van der Waals surface area (Å²) in [7, 11) is 0. The zero-order chi connectivity index (χ0) is 26.2. The molecule has 1 amide bonds. The fourth-order valence-electron chi connectivity index (χ4n) is 4.32. The first kappa shape index (κ1) is 24.8. The van der Waals surface area contributed by atoms with E-state index in [-0.39, 0.29) is 11.6 Å². The molecule has 0 unspecified atom stereocenters. The summed E-state index contributed by atoms with van der Waals surface area (Å²) in [6.07, 6.45) is -4.42. The normalized spacial score (nSPS) is 14.2. The van der Waals surface area contributed by atoms with Gasteiger partial charge in [-0.15, -0.1) is 0 Å². The van der Waals surface area contributed by atoms with E-state index < -0.39 is 17.6 Å². The first-order valence-electron chi connectivity index (χ1n) is 11.5. The minimum atomic E-state index is -4.42. The van der Waals surface area contributed by atoms with Crippen LogP contribution in [0, 0.1) is 5.82 Å². The molecule has 190 valence electrons. The molecule has 0 radical (unpaired) electrons. The van der Waals surface area contributed by atoms with Crippen molar-refractivity contribution in [3.8, 4) is 16.9 Å². The van der Waals surface area contributed by atoms with Gasteiger partial charge in [-0.25, -0.2) is 9.07 Å². The molecular weight excluding hydrogens is 508 g/mol. The summed E-state index contributed by atoms with van der Waals surface area (Å²) in [5.41, 5.74) is 1.66. The van der Waals surface area contributed by atoms with Crippen LogP contribution in [0.15, 0.2) is 78.9 Å². The molecular formula is C27H21ClF4N4O. The molecule has 0 atom stereocenters. The van der Waals surface area contributed by atoms with Gasteiger partial charge in [-0.3, -0.25) is 4.79 Å². The van der Waals surface area contributed by atoms with Crippen LogP contribution >= 0.6 is 11.6 Å². The van der Waals surface area contributed by atoms with E-state index in [9.17, 15) is 22.4 Å². The van der Waals surface area contributed by atoms with Gasteiger partial charge in [0.05, 0.1) is 22.0 Å². The summed E-state index contributed by atoms with van der Waals surface area (Å²) in [6.45, 7) is 1.36. The van der Waals surface area contributed by atoms with E-state index in [1.807, 2.05) is 11.0 Å². The Kier molecular flexibility index (Phi) is 6.64. The van der Waals surface area contributed by atoms with Crippen LogP contribution in [-0.2, 0) is 6.18 Å². The van der Waals surface area contributed by atoms with Crippen LogP contribution in [-0.4, -0.2) is 46.8 Å². The standard InChI is InChI=1S/C27H21ClF4N4O/c28-23-7-2-1-6-22(23)24-17-25(36(33-24)20-10-8-19(29)9-11-20)26(37)35-14-12-34(13-15-35)21-5-3-4-18(16-21)27(30,31)32/h1-11,16-17H,12-15H2. The molecule has 1 aliphatic rings. The molecule has 1 aromatic heterocycles. The van der Waals surface area contributed by atoms with Crippen molar-refractivity contribution in [3.63, 3.8) is 0 Å². The summed E-state index contributed by atoms with van der Waals surface area (Å²) in [5.74, 6) is -0.709. The molecule has 1 saturated heterocycles. The average Bonchev–Trinajstić information content (AvgIpc) is 3.34. The van der Waals surface area contributed by atoms with E-state index in [4.69, 9.17) is 11.6 Å². The highest BCUT2D eigenvalue weighted by molar-refractivity contribution is 6.33. The lowest BCUT2D eigenvalue weighted by Gasteiger charge is -2.36. The number of halogens is 5. The molecule has 3 aromatic carbocycles. The monoisotopic (exact) mass is 528 g/mol. The zero-order valence-electron chi connectivity index (χ0n) is 19.4. The van der Waals surface area contributed by atoms with Gasteiger partial charge in [-0.05, 0) is 54.6 Å². The molecule has 10 heteroatoms. The fourth-order valence-corrected chi connectivity index (χ4v) is 4.55. The third-order valence-corrected chi connectivity index (χ3v) is 6.58. The molecule has 1 aliphatic heterocycles.